The molecule has 2 heterocycles. The number of carbonyl (C=O) groups is 1. The molecule has 2 aliphatic rings. The third-order valence-electron chi connectivity index (χ3n) is 8.97. The van der Waals surface area contributed by atoms with Crippen molar-refractivity contribution in [1.82, 2.24) is 14.5 Å². The largest absolute Gasteiger partial charge is 0.444 e. The highest BCUT2D eigenvalue weighted by atomic mass is 35.5. The molecule has 1 spiro atoms. The molecule has 1 amide bonds. The van der Waals surface area contributed by atoms with Crippen molar-refractivity contribution in [3.63, 3.8) is 0 Å². The number of rotatable bonds is 8. The summed E-state index contributed by atoms with van der Waals surface area (Å²) in [6, 6.07) is 24.5. The molecule has 1 unspecified atom stereocenters. The molecular weight excluding hydrogens is 594 g/mol. The lowest BCUT2D eigenvalue weighted by Gasteiger charge is -2.50. The van der Waals surface area contributed by atoms with Gasteiger partial charge < -0.3 is 15.0 Å². The molecular formula is C35H44ClN3O4S. The lowest BCUT2D eigenvalue weighted by molar-refractivity contribution is 0.00195. The standard InChI is InChI=1S/C35H44ClN3O4S/c1-34(2,3)43-33(40)39-25-35(19-21-37-22-20-35)31-16-9-8-15-30(31)32(39)18-17-27(26-11-10-12-28(36)23-26)24-38(4)44(41,42)29-13-6-5-7-14-29/h5-16,23,27,32,37H,17-22,24-25H2,1-4H3/t27?,32-/m1/s1. The molecule has 236 valence electrons. The number of hydrogen-bond acceptors (Lipinski definition) is 5. The van der Waals surface area contributed by atoms with E-state index in [-0.39, 0.29) is 34.9 Å². The van der Waals surface area contributed by atoms with Crippen LogP contribution in [0, 0.1) is 0 Å². The number of benzene rings is 3. The van der Waals surface area contributed by atoms with Gasteiger partial charge >= 0.3 is 6.09 Å². The highest BCUT2D eigenvalue weighted by Crippen LogP contribution is 2.47. The Bertz CT molecular complexity index is 1550. The van der Waals surface area contributed by atoms with Crippen molar-refractivity contribution >= 4 is 27.7 Å². The van der Waals surface area contributed by atoms with E-state index in [0.717, 1.165) is 37.1 Å². The first-order valence-corrected chi connectivity index (χ1v) is 17.3. The lowest BCUT2D eigenvalue weighted by atomic mass is 9.67. The van der Waals surface area contributed by atoms with Crippen LogP contribution in [-0.4, -0.2) is 62.5 Å². The highest BCUT2D eigenvalue weighted by molar-refractivity contribution is 7.89. The van der Waals surface area contributed by atoms with Crippen LogP contribution in [0.1, 0.15) is 75.1 Å². The monoisotopic (exact) mass is 637 g/mol. The number of amides is 1. The number of halogens is 1. The molecule has 0 saturated carbocycles. The smallest absolute Gasteiger partial charge is 0.410 e. The number of hydrogen-bond donors (Lipinski definition) is 1. The van der Waals surface area contributed by atoms with E-state index >= 15 is 0 Å². The fourth-order valence-corrected chi connectivity index (χ4v) is 8.22. The van der Waals surface area contributed by atoms with Crippen molar-refractivity contribution < 1.29 is 17.9 Å². The average molecular weight is 638 g/mol. The number of carbonyl (C=O) groups excluding carboxylic acids is 1. The summed E-state index contributed by atoms with van der Waals surface area (Å²) in [7, 11) is -2.07. The zero-order valence-corrected chi connectivity index (χ0v) is 27.7. The van der Waals surface area contributed by atoms with Gasteiger partial charge in [-0.25, -0.2) is 17.5 Å². The number of nitrogens with zero attached hydrogens (tertiary/aromatic N) is 2. The molecule has 0 radical (unpaired) electrons. The van der Waals surface area contributed by atoms with Crippen LogP contribution < -0.4 is 5.32 Å². The van der Waals surface area contributed by atoms with Crippen LogP contribution in [0.3, 0.4) is 0 Å². The quantitative estimate of drug-likeness (QED) is 0.284. The maximum atomic E-state index is 13.9. The SMILES string of the molecule is CN(CC(CC[C@@H]1c2ccccc2C2(CCNCC2)CN1C(=O)OC(C)(C)C)c1cccc(Cl)c1)S(=O)(=O)c1ccccc1. The molecule has 5 rings (SSSR count). The van der Waals surface area contributed by atoms with Crippen LogP contribution in [0.4, 0.5) is 4.79 Å². The van der Waals surface area contributed by atoms with Crippen molar-refractivity contribution in [3.8, 4) is 0 Å². The second kappa shape index (κ2) is 13.2. The van der Waals surface area contributed by atoms with Crippen LogP contribution in [0.5, 0.6) is 0 Å². The van der Waals surface area contributed by atoms with Crippen molar-refractivity contribution in [2.75, 3.05) is 33.2 Å². The Morgan fingerprint density at radius 1 is 1.05 bits per heavy atom. The first kappa shape index (κ1) is 32.5. The molecule has 0 aromatic heterocycles. The number of likely N-dealkylation sites (N-methyl/N-ethyl adjacent to an activating group) is 1. The molecule has 3 aromatic rings. The van der Waals surface area contributed by atoms with E-state index in [4.69, 9.17) is 16.3 Å². The molecule has 9 heteroatoms. The summed E-state index contributed by atoms with van der Waals surface area (Å²) in [5, 5.41) is 4.09. The highest BCUT2D eigenvalue weighted by Gasteiger charge is 2.46. The number of sulfonamides is 1. The molecule has 2 aliphatic heterocycles. The lowest BCUT2D eigenvalue weighted by Crippen LogP contribution is -2.55. The summed E-state index contributed by atoms with van der Waals surface area (Å²) in [4.78, 5) is 16.1. The van der Waals surface area contributed by atoms with Crippen molar-refractivity contribution in [1.29, 1.82) is 0 Å². The Morgan fingerprint density at radius 3 is 2.41 bits per heavy atom. The van der Waals surface area contributed by atoms with E-state index in [1.807, 2.05) is 56.0 Å². The molecule has 2 atom stereocenters. The van der Waals surface area contributed by atoms with E-state index in [9.17, 15) is 13.2 Å². The minimum Gasteiger partial charge on any atom is -0.444 e. The van der Waals surface area contributed by atoms with Crippen molar-refractivity contribution in [2.24, 2.45) is 0 Å². The number of fused-ring (bicyclic) bond motifs is 2. The summed E-state index contributed by atoms with van der Waals surface area (Å²) in [5.41, 5.74) is 2.68. The minimum atomic E-state index is -3.70. The van der Waals surface area contributed by atoms with Gasteiger partial charge in [0.2, 0.25) is 10.0 Å². The van der Waals surface area contributed by atoms with Gasteiger partial charge in [-0.15, -0.1) is 0 Å². The van der Waals surface area contributed by atoms with E-state index in [2.05, 4.69) is 23.5 Å². The van der Waals surface area contributed by atoms with Gasteiger partial charge in [-0.1, -0.05) is 66.2 Å². The summed E-state index contributed by atoms with van der Waals surface area (Å²) in [5.74, 6) is -0.153. The maximum Gasteiger partial charge on any atom is 0.410 e. The van der Waals surface area contributed by atoms with Gasteiger partial charge in [0.05, 0.1) is 10.9 Å². The predicted octanol–water partition coefficient (Wildman–Crippen LogP) is 7.14. The zero-order chi connectivity index (χ0) is 31.5. The van der Waals surface area contributed by atoms with Crippen LogP contribution in [0.25, 0.3) is 0 Å². The topological polar surface area (TPSA) is 79.0 Å². The normalized spacial score (nSPS) is 19.0. The third-order valence-corrected chi connectivity index (χ3v) is 11.0. The number of ether oxygens (including phenoxy) is 1. The first-order valence-electron chi connectivity index (χ1n) is 15.5. The molecule has 7 nitrogen and oxygen atoms in total. The first-order chi connectivity index (χ1) is 20.9. The molecule has 0 bridgehead atoms. The van der Waals surface area contributed by atoms with E-state index < -0.39 is 15.6 Å². The number of nitrogens with one attached hydrogen (secondary N) is 1. The van der Waals surface area contributed by atoms with Crippen LogP contribution in [0.15, 0.2) is 83.8 Å². The molecule has 0 aliphatic carbocycles. The van der Waals surface area contributed by atoms with Crippen LogP contribution in [-0.2, 0) is 20.2 Å². The van der Waals surface area contributed by atoms with Crippen LogP contribution in [0.2, 0.25) is 5.02 Å². The molecule has 1 saturated heterocycles. The van der Waals surface area contributed by atoms with E-state index in [0.29, 0.717) is 24.4 Å². The molecule has 44 heavy (non-hydrogen) atoms. The van der Waals surface area contributed by atoms with Crippen molar-refractivity contribution in [2.45, 2.75) is 74.3 Å². The Labute approximate surface area is 267 Å². The third kappa shape index (κ3) is 7.15. The second-order valence-electron chi connectivity index (χ2n) is 13.2. The van der Waals surface area contributed by atoms with Gasteiger partial charge in [0.1, 0.15) is 5.60 Å². The van der Waals surface area contributed by atoms with Gasteiger partial charge in [0.15, 0.2) is 0 Å². The van der Waals surface area contributed by atoms with Gasteiger partial charge in [-0.2, -0.15) is 0 Å². The number of piperidine rings is 1. The average Bonchev–Trinajstić information content (AvgIpc) is 3.00. The summed E-state index contributed by atoms with van der Waals surface area (Å²) in [6.07, 6.45) is 2.87. The van der Waals surface area contributed by atoms with Gasteiger partial charge in [-0.05, 0) is 106 Å². The van der Waals surface area contributed by atoms with Gasteiger partial charge in [-0.3, -0.25) is 0 Å². The fraction of sp³-hybridized carbons (Fsp3) is 0.457. The summed E-state index contributed by atoms with van der Waals surface area (Å²) < 4.78 is 34.4. The van der Waals surface area contributed by atoms with Crippen molar-refractivity contribution in [3.05, 3.63) is 101 Å². The second-order valence-corrected chi connectivity index (χ2v) is 15.7. The molecule has 3 aromatic carbocycles. The van der Waals surface area contributed by atoms with Gasteiger partial charge in [0.25, 0.3) is 0 Å². The predicted molar refractivity (Wildman–Crippen MR) is 176 cm³/mol. The van der Waals surface area contributed by atoms with E-state index in [1.54, 1.807) is 37.4 Å². The van der Waals surface area contributed by atoms with E-state index in [1.165, 1.54) is 9.87 Å². The molecule has 1 N–H and O–H groups in total. The molecule has 1 fully saturated rings. The Morgan fingerprint density at radius 2 is 1.73 bits per heavy atom. The Hall–Kier alpha value is -2.91. The zero-order valence-electron chi connectivity index (χ0n) is 26.1. The Kier molecular flexibility index (Phi) is 9.75. The van der Waals surface area contributed by atoms with Crippen LogP contribution >= 0.6 is 11.6 Å². The van der Waals surface area contributed by atoms with Gasteiger partial charge in [0, 0.05) is 30.6 Å². The Balaban J connectivity index is 1.49. The maximum absolute atomic E-state index is 13.9. The minimum absolute atomic E-state index is 0.133. The summed E-state index contributed by atoms with van der Waals surface area (Å²) >= 11 is 6.43. The summed E-state index contributed by atoms with van der Waals surface area (Å²) in [6.45, 7) is 8.37. The fourth-order valence-electron chi connectivity index (χ4n) is 6.78.